The number of anilines is 1. The van der Waals surface area contributed by atoms with Crippen LogP contribution in [0.1, 0.15) is 74.4 Å². The second kappa shape index (κ2) is 10.9. The lowest BCUT2D eigenvalue weighted by atomic mass is 9.82. The SMILES string of the molecule is COC(=O)C1CCC(c2nc3cc(O[Si](C)(C)C(C)(C)C)c(NC(=O)c4cccc(C(F)(F)F)n4)cc3o2)CC1. The van der Waals surface area contributed by atoms with Gasteiger partial charge in [0.25, 0.3) is 14.2 Å². The highest BCUT2D eigenvalue weighted by Gasteiger charge is 2.40. The number of pyridine rings is 1. The number of alkyl halides is 3. The van der Waals surface area contributed by atoms with E-state index in [1.165, 1.54) is 13.2 Å². The second-order valence-corrected chi connectivity index (χ2v) is 16.4. The molecular formula is C28H34F3N3O5Si. The van der Waals surface area contributed by atoms with Crippen LogP contribution < -0.4 is 9.74 Å². The molecule has 2 heterocycles. The summed E-state index contributed by atoms with van der Waals surface area (Å²) in [5, 5.41) is 2.51. The maximum Gasteiger partial charge on any atom is 0.433 e. The van der Waals surface area contributed by atoms with Crippen molar-refractivity contribution in [3.05, 3.63) is 47.6 Å². The minimum absolute atomic E-state index is 0.0189. The van der Waals surface area contributed by atoms with Crippen molar-refractivity contribution in [1.29, 1.82) is 0 Å². The number of hydrogen-bond acceptors (Lipinski definition) is 7. The summed E-state index contributed by atoms with van der Waals surface area (Å²) in [5.41, 5.74) is -0.350. The maximum absolute atomic E-state index is 13.2. The number of esters is 1. The number of halogens is 3. The van der Waals surface area contributed by atoms with E-state index in [1.54, 1.807) is 12.1 Å². The van der Waals surface area contributed by atoms with Crippen molar-refractivity contribution in [2.24, 2.45) is 5.92 Å². The van der Waals surface area contributed by atoms with Gasteiger partial charge in [-0.2, -0.15) is 13.2 Å². The molecule has 0 radical (unpaired) electrons. The highest BCUT2D eigenvalue weighted by atomic mass is 28.4. The summed E-state index contributed by atoms with van der Waals surface area (Å²) in [5.74, 6) is -0.259. The zero-order valence-corrected chi connectivity index (χ0v) is 24.4. The molecule has 1 saturated carbocycles. The van der Waals surface area contributed by atoms with Crippen molar-refractivity contribution < 1.29 is 36.3 Å². The molecule has 1 aliphatic rings. The zero-order chi connectivity index (χ0) is 29.5. The Kier molecular flexibility index (Phi) is 8.03. The average molecular weight is 578 g/mol. The highest BCUT2D eigenvalue weighted by Crippen LogP contribution is 2.42. The predicted molar refractivity (Wildman–Crippen MR) is 146 cm³/mol. The first-order chi connectivity index (χ1) is 18.6. The normalized spacial score (nSPS) is 18.4. The maximum atomic E-state index is 13.2. The number of benzene rings is 1. The molecule has 0 atom stereocenters. The van der Waals surface area contributed by atoms with Gasteiger partial charge in [0.05, 0.1) is 18.7 Å². The number of fused-ring (bicyclic) bond motifs is 1. The number of nitrogens with zero attached hydrogens (tertiary/aromatic N) is 2. The molecule has 1 N–H and O–H groups in total. The number of carbonyl (C=O) groups excluding carboxylic acids is 2. The van der Waals surface area contributed by atoms with Crippen molar-refractivity contribution in [2.45, 2.75) is 76.7 Å². The van der Waals surface area contributed by atoms with Gasteiger partial charge in [0, 0.05) is 18.1 Å². The molecule has 1 aliphatic carbocycles. The van der Waals surface area contributed by atoms with Crippen molar-refractivity contribution in [3.8, 4) is 5.75 Å². The van der Waals surface area contributed by atoms with Crippen LogP contribution >= 0.6 is 0 Å². The van der Waals surface area contributed by atoms with Gasteiger partial charge < -0.3 is 18.9 Å². The molecule has 1 amide bonds. The Morgan fingerprint density at radius 3 is 2.33 bits per heavy atom. The van der Waals surface area contributed by atoms with Crippen LogP contribution in [0.2, 0.25) is 18.1 Å². The summed E-state index contributed by atoms with van der Waals surface area (Å²) < 4.78 is 57.0. The second-order valence-electron chi connectivity index (χ2n) is 11.7. The number of nitrogens with one attached hydrogen (secondary N) is 1. The smallest absolute Gasteiger partial charge is 0.433 e. The van der Waals surface area contributed by atoms with Gasteiger partial charge in [-0.05, 0) is 55.9 Å². The fourth-order valence-corrected chi connectivity index (χ4v) is 5.43. The van der Waals surface area contributed by atoms with Crippen LogP contribution in [0.3, 0.4) is 0 Å². The molecule has 0 saturated heterocycles. The third-order valence-corrected chi connectivity index (χ3v) is 12.2. The van der Waals surface area contributed by atoms with Gasteiger partial charge in [0.15, 0.2) is 11.5 Å². The van der Waals surface area contributed by atoms with Crippen molar-refractivity contribution in [2.75, 3.05) is 12.4 Å². The average Bonchev–Trinajstić information content (AvgIpc) is 3.30. The fourth-order valence-electron chi connectivity index (χ4n) is 4.41. The quantitative estimate of drug-likeness (QED) is 0.242. The molecule has 0 spiro atoms. The summed E-state index contributed by atoms with van der Waals surface area (Å²) in [6, 6.07) is 6.44. The minimum atomic E-state index is -4.68. The van der Waals surface area contributed by atoms with E-state index in [-0.39, 0.29) is 34.2 Å². The standard InChI is InChI=1S/C28H34F3N3O5Si/c1-27(2,3)40(5,6)39-22-15-19-21(38-25(34-19)16-10-12-17(13-11-16)26(36)37-4)14-20(22)33-24(35)18-8-7-9-23(32-18)28(29,30)31/h7-9,14-17H,10-13H2,1-6H3,(H,33,35). The van der Waals surface area contributed by atoms with Gasteiger partial charge in [-0.25, -0.2) is 9.97 Å². The molecule has 0 unspecified atom stereocenters. The monoisotopic (exact) mass is 577 g/mol. The van der Waals surface area contributed by atoms with Gasteiger partial charge in [0.2, 0.25) is 0 Å². The Hall–Kier alpha value is -3.41. The van der Waals surface area contributed by atoms with Crippen LogP contribution in [0, 0.1) is 5.92 Å². The van der Waals surface area contributed by atoms with Gasteiger partial charge in [-0.1, -0.05) is 26.8 Å². The molecule has 4 rings (SSSR count). The molecule has 8 nitrogen and oxygen atoms in total. The van der Waals surface area contributed by atoms with Gasteiger partial charge in [0.1, 0.15) is 22.7 Å². The number of rotatable bonds is 6. The lowest BCUT2D eigenvalue weighted by molar-refractivity contribution is -0.146. The van der Waals surface area contributed by atoms with E-state index in [4.69, 9.17) is 18.6 Å². The minimum Gasteiger partial charge on any atom is -0.542 e. The van der Waals surface area contributed by atoms with E-state index in [9.17, 15) is 22.8 Å². The first kappa shape index (κ1) is 29.6. The van der Waals surface area contributed by atoms with Crippen LogP contribution in [0.5, 0.6) is 5.75 Å². The predicted octanol–water partition coefficient (Wildman–Crippen LogP) is 7.32. The summed E-state index contributed by atoms with van der Waals surface area (Å²) in [4.78, 5) is 33.1. The Balaban J connectivity index is 1.68. The highest BCUT2D eigenvalue weighted by molar-refractivity contribution is 6.74. The molecule has 0 bridgehead atoms. The first-order valence-electron chi connectivity index (χ1n) is 13.2. The van der Waals surface area contributed by atoms with Crippen LogP contribution in [0.25, 0.3) is 11.1 Å². The molecule has 2 aromatic heterocycles. The van der Waals surface area contributed by atoms with E-state index in [1.807, 2.05) is 13.1 Å². The Labute approximate surface area is 231 Å². The topological polar surface area (TPSA) is 104 Å². The largest absolute Gasteiger partial charge is 0.542 e. The first-order valence-corrected chi connectivity index (χ1v) is 16.1. The summed E-state index contributed by atoms with van der Waals surface area (Å²) in [6.07, 6.45) is -1.92. The molecule has 0 aliphatic heterocycles. The molecule has 3 aromatic rings. The van der Waals surface area contributed by atoms with Crippen molar-refractivity contribution >= 4 is 37.0 Å². The summed E-state index contributed by atoms with van der Waals surface area (Å²) in [7, 11) is -1.01. The Morgan fingerprint density at radius 2 is 1.73 bits per heavy atom. The number of hydrogen-bond donors (Lipinski definition) is 1. The summed E-state index contributed by atoms with van der Waals surface area (Å²) >= 11 is 0. The van der Waals surface area contributed by atoms with E-state index in [0.717, 1.165) is 12.1 Å². The van der Waals surface area contributed by atoms with Crippen molar-refractivity contribution in [1.82, 2.24) is 9.97 Å². The fraction of sp³-hybridized carbons (Fsp3) is 0.500. The number of methoxy groups -OCH3 is 1. The van der Waals surface area contributed by atoms with Crippen molar-refractivity contribution in [3.63, 3.8) is 0 Å². The Morgan fingerprint density at radius 1 is 1.05 bits per heavy atom. The Bertz CT molecular complexity index is 1410. The molecular weight excluding hydrogens is 543 g/mol. The molecule has 12 heteroatoms. The lowest BCUT2D eigenvalue weighted by Gasteiger charge is -2.37. The van der Waals surface area contributed by atoms with Crippen LogP contribution in [-0.4, -0.2) is 37.3 Å². The van der Waals surface area contributed by atoms with Gasteiger partial charge in [-0.3, -0.25) is 9.59 Å². The lowest BCUT2D eigenvalue weighted by Crippen LogP contribution is -2.44. The van der Waals surface area contributed by atoms with Crippen LogP contribution in [0.4, 0.5) is 18.9 Å². The number of ether oxygens (including phenoxy) is 1. The van der Waals surface area contributed by atoms with Crippen LogP contribution in [0.15, 0.2) is 34.7 Å². The number of carbonyl (C=O) groups is 2. The molecule has 216 valence electrons. The van der Waals surface area contributed by atoms with E-state index in [0.29, 0.717) is 48.4 Å². The molecule has 40 heavy (non-hydrogen) atoms. The number of amides is 1. The molecule has 1 aromatic carbocycles. The molecule has 1 fully saturated rings. The van der Waals surface area contributed by atoms with Gasteiger partial charge in [-0.15, -0.1) is 0 Å². The summed E-state index contributed by atoms with van der Waals surface area (Å²) in [6.45, 7) is 10.3. The van der Waals surface area contributed by atoms with E-state index in [2.05, 4.69) is 31.1 Å². The number of oxazole rings is 1. The van der Waals surface area contributed by atoms with Gasteiger partial charge >= 0.3 is 12.1 Å². The third kappa shape index (κ3) is 6.32. The third-order valence-electron chi connectivity index (χ3n) is 7.81. The van der Waals surface area contributed by atoms with E-state index >= 15 is 0 Å². The van der Waals surface area contributed by atoms with Crippen LogP contribution in [-0.2, 0) is 15.7 Å². The zero-order valence-electron chi connectivity index (χ0n) is 23.4. The van der Waals surface area contributed by atoms with E-state index < -0.39 is 26.1 Å². The number of aromatic nitrogens is 2.